The van der Waals surface area contributed by atoms with Crippen LogP contribution in [0, 0.1) is 0 Å². The second-order valence-corrected chi connectivity index (χ2v) is 2.76. The maximum Gasteiger partial charge on any atom is 0.221 e. The Balaban J connectivity index is 2.88. The molecule has 0 bridgehead atoms. The molecule has 0 fully saturated rings. The largest absolute Gasteiger partial charge is 0.296 e. The number of pyridine rings is 1. The van der Waals surface area contributed by atoms with Crippen LogP contribution in [0.4, 0.5) is 0 Å². The predicted octanol–water partition coefficient (Wildman–Crippen LogP) is 0.794. The zero-order valence-electron chi connectivity index (χ0n) is 7.19. The lowest BCUT2D eigenvalue weighted by Crippen LogP contribution is -2.20. The van der Waals surface area contributed by atoms with Crippen LogP contribution in [0.25, 0.3) is 0 Å². The summed E-state index contributed by atoms with van der Waals surface area (Å²) in [5.74, 6) is 0. The van der Waals surface area contributed by atoms with E-state index in [0.29, 0.717) is 0 Å². The number of rotatable bonds is 3. The van der Waals surface area contributed by atoms with Gasteiger partial charge in [-0.1, -0.05) is 0 Å². The first-order chi connectivity index (χ1) is 5.75. The summed E-state index contributed by atoms with van der Waals surface area (Å²) in [6.07, 6.45) is 5.31. The fourth-order valence-corrected chi connectivity index (χ4v) is 1.02. The Morgan fingerprint density at radius 1 is 1.42 bits per heavy atom. The van der Waals surface area contributed by atoms with E-state index in [1.54, 1.807) is 12.4 Å². The Kier molecular flexibility index (Phi) is 2.94. The van der Waals surface area contributed by atoms with Crippen molar-refractivity contribution in [3.05, 3.63) is 30.1 Å². The Morgan fingerprint density at radius 3 is 2.42 bits per heavy atom. The van der Waals surface area contributed by atoms with Crippen molar-refractivity contribution >= 4 is 6.29 Å². The highest BCUT2D eigenvalue weighted by atomic mass is 16.1. The first kappa shape index (κ1) is 8.87. The molecule has 1 atom stereocenters. The molecule has 63 valence electrons. The van der Waals surface area contributed by atoms with Crippen LogP contribution in [0.1, 0.15) is 11.6 Å². The van der Waals surface area contributed by atoms with Gasteiger partial charge in [-0.25, -0.2) is 0 Å². The second kappa shape index (κ2) is 3.97. The highest BCUT2D eigenvalue weighted by molar-refractivity contribution is 5.61. The minimum Gasteiger partial charge on any atom is -0.296 e. The molecule has 0 N–H and O–H groups in total. The van der Waals surface area contributed by atoms with Crippen LogP contribution < -0.4 is 0 Å². The molecule has 1 aromatic heterocycles. The average molecular weight is 163 g/mol. The minimum atomic E-state index is -0.284. The molecule has 1 heterocycles. The Morgan fingerprint density at radius 2 is 2.00 bits per heavy atom. The fourth-order valence-electron chi connectivity index (χ4n) is 1.02. The summed E-state index contributed by atoms with van der Waals surface area (Å²) in [5.41, 5.74) is 0.921. The van der Waals surface area contributed by atoms with Gasteiger partial charge in [0, 0.05) is 12.4 Å². The summed E-state index contributed by atoms with van der Waals surface area (Å²) in [7, 11) is 3.69. The van der Waals surface area contributed by atoms with E-state index in [-0.39, 0.29) is 6.04 Å². The summed E-state index contributed by atoms with van der Waals surface area (Å²) in [6.45, 7) is 0. The molecule has 1 radical (unpaired) electrons. The Hall–Kier alpha value is -1.22. The molecular weight excluding hydrogens is 152 g/mol. The lowest BCUT2D eigenvalue weighted by atomic mass is 10.1. The zero-order valence-corrected chi connectivity index (χ0v) is 7.19. The van der Waals surface area contributed by atoms with E-state index in [2.05, 4.69) is 4.98 Å². The van der Waals surface area contributed by atoms with Crippen molar-refractivity contribution in [1.29, 1.82) is 0 Å². The van der Waals surface area contributed by atoms with Gasteiger partial charge in [0.2, 0.25) is 6.29 Å². The summed E-state index contributed by atoms with van der Waals surface area (Å²) >= 11 is 0. The predicted molar refractivity (Wildman–Crippen MR) is 46.4 cm³/mol. The van der Waals surface area contributed by atoms with Crippen molar-refractivity contribution in [2.75, 3.05) is 14.1 Å². The standard InChI is InChI=1S/C9H11N2O/c1-11(2)9(7-12)8-3-5-10-6-4-8/h3-6,9H,1-2H3. The topological polar surface area (TPSA) is 33.2 Å². The van der Waals surface area contributed by atoms with E-state index in [4.69, 9.17) is 0 Å². The third kappa shape index (κ3) is 1.89. The number of hydrogen-bond donors (Lipinski definition) is 0. The van der Waals surface area contributed by atoms with Crippen LogP contribution in [0.15, 0.2) is 24.5 Å². The van der Waals surface area contributed by atoms with Crippen molar-refractivity contribution in [3.8, 4) is 0 Å². The summed E-state index contributed by atoms with van der Waals surface area (Å²) in [4.78, 5) is 16.2. The molecule has 1 rings (SSSR count). The van der Waals surface area contributed by atoms with Crippen LogP contribution in [0.2, 0.25) is 0 Å². The highest BCUT2D eigenvalue weighted by Crippen LogP contribution is 2.13. The van der Waals surface area contributed by atoms with Crippen molar-refractivity contribution in [2.24, 2.45) is 0 Å². The monoisotopic (exact) mass is 163 g/mol. The quantitative estimate of drug-likeness (QED) is 0.660. The number of hydrogen-bond acceptors (Lipinski definition) is 3. The molecule has 0 spiro atoms. The van der Waals surface area contributed by atoms with Gasteiger partial charge in [-0.05, 0) is 31.8 Å². The lowest BCUT2D eigenvalue weighted by Gasteiger charge is -2.17. The smallest absolute Gasteiger partial charge is 0.221 e. The third-order valence-electron chi connectivity index (χ3n) is 1.65. The molecule has 0 amide bonds. The van der Waals surface area contributed by atoms with E-state index in [1.165, 1.54) is 0 Å². The van der Waals surface area contributed by atoms with E-state index < -0.39 is 0 Å². The van der Waals surface area contributed by atoms with E-state index in [1.807, 2.05) is 37.4 Å². The van der Waals surface area contributed by atoms with Gasteiger partial charge < -0.3 is 0 Å². The molecule has 0 saturated carbocycles. The molecule has 0 aromatic carbocycles. The van der Waals surface area contributed by atoms with Crippen LogP contribution >= 0.6 is 0 Å². The third-order valence-corrected chi connectivity index (χ3v) is 1.65. The van der Waals surface area contributed by atoms with E-state index >= 15 is 0 Å². The second-order valence-electron chi connectivity index (χ2n) is 2.76. The van der Waals surface area contributed by atoms with Gasteiger partial charge in [0.05, 0.1) is 0 Å². The van der Waals surface area contributed by atoms with Crippen molar-refractivity contribution < 1.29 is 4.79 Å². The lowest BCUT2D eigenvalue weighted by molar-refractivity contribution is 0.355. The van der Waals surface area contributed by atoms with E-state index in [9.17, 15) is 4.79 Å². The van der Waals surface area contributed by atoms with Gasteiger partial charge in [-0.15, -0.1) is 0 Å². The summed E-state index contributed by atoms with van der Waals surface area (Å²) < 4.78 is 0. The van der Waals surface area contributed by atoms with Crippen molar-refractivity contribution in [2.45, 2.75) is 6.04 Å². The highest BCUT2D eigenvalue weighted by Gasteiger charge is 2.12. The minimum absolute atomic E-state index is 0.284. The Bertz CT molecular complexity index is 246. The average Bonchev–Trinajstić information content (AvgIpc) is 2.07. The summed E-state index contributed by atoms with van der Waals surface area (Å²) in [6, 6.07) is 3.35. The number of nitrogens with zero attached hydrogens (tertiary/aromatic N) is 2. The fraction of sp³-hybridized carbons (Fsp3) is 0.333. The van der Waals surface area contributed by atoms with Crippen LogP contribution in [-0.2, 0) is 4.79 Å². The maximum absolute atomic E-state index is 10.6. The molecule has 0 aliphatic carbocycles. The molecule has 0 aliphatic rings. The van der Waals surface area contributed by atoms with Crippen LogP contribution in [0.5, 0.6) is 0 Å². The SMILES string of the molecule is CN(C)C([C]=O)c1ccncc1. The molecular formula is C9H11N2O. The van der Waals surface area contributed by atoms with Crippen LogP contribution in [0.3, 0.4) is 0 Å². The van der Waals surface area contributed by atoms with Gasteiger partial charge in [0.25, 0.3) is 0 Å². The first-order valence-electron chi connectivity index (χ1n) is 3.69. The summed E-state index contributed by atoms with van der Waals surface area (Å²) in [5, 5.41) is 0. The van der Waals surface area contributed by atoms with Crippen molar-refractivity contribution in [3.63, 3.8) is 0 Å². The van der Waals surface area contributed by atoms with Crippen molar-refractivity contribution in [1.82, 2.24) is 9.88 Å². The van der Waals surface area contributed by atoms with E-state index in [0.717, 1.165) is 5.56 Å². The van der Waals surface area contributed by atoms with Gasteiger partial charge in [-0.3, -0.25) is 14.7 Å². The Labute approximate surface area is 72.0 Å². The normalized spacial score (nSPS) is 12.9. The zero-order chi connectivity index (χ0) is 8.97. The molecule has 0 saturated heterocycles. The molecule has 3 nitrogen and oxygen atoms in total. The van der Waals surface area contributed by atoms with Gasteiger partial charge >= 0.3 is 0 Å². The first-order valence-corrected chi connectivity index (χ1v) is 3.69. The van der Waals surface area contributed by atoms with Gasteiger partial charge in [0.1, 0.15) is 6.04 Å². The molecule has 12 heavy (non-hydrogen) atoms. The number of aromatic nitrogens is 1. The van der Waals surface area contributed by atoms with Gasteiger partial charge in [0.15, 0.2) is 0 Å². The maximum atomic E-state index is 10.6. The molecule has 0 aliphatic heterocycles. The number of likely N-dealkylation sites (N-methyl/N-ethyl adjacent to an activating group) is 1. The number of carbonyl (C=O) groups excluding carboxylic acids is 1. The van der Waals surface area contributed by atoms with Crippen LogP contribution in [-0.4, -0.2) is 30.3 Å². The molecule has 3 heteroatoms. The molecule has 1 unspecified atom stereocenters. The van der Waals surface area contributed by atoms with Gasteiger partial charge in [-0.2, -0.15) is 0 Å². The molecule has 1 aromatic rings.